The molecule has 0 aliphatic heterocycles. The topological polar surface area (TPSA) is 78.4 Å². The van der Waals surface area contributed by atoms with Gasteiger partial charge in [0.2, 0.25) is 5.91 Å². The number of rotatable bonds is 6. The SMILES string of the molecule is CC(C)[C@H](NC(=O)CNC1CC1)C(=O)O. The van der Waals surface area contributed by atoms with E-state index in [4.69, 9.17) is 5.11 Å². The second-order valence-electron chi connectivity index (χ2n) is 4.28. The highest BCUT2D eigenvalue weighted by atomic mass is 16.4. The van der Waals surface area contributed by atoms with Crippen LogP contribution < -0.4 is 10.6 Å². The van der Waals surface area contributed by atoms with Crippen LogP contribution >= 0.6 is 0 Å². The lowest BCUT2D eigenvalue weighted by atomic mass is 10.1. The number of hydrogen-bond donors (Lipinski definition) is 3. The van der Waals surface area contributed by atoms with Gasteiger partial charge in [0.25, 0.3) is 0 Å². The van der Waals surface area contributed by atoms with Gasteiger partial charge in [0.15, 0.2) is 0 Å². The molecule has 0 unspecified atom stereocenters. The van der Waals surface area contributed by atoms with E-state index in [1.54, 1.807) is 13.8 Å². The van der Waals surface area contributed by atoms with E-state index < -0.39 is 12.0 Å². The van der Waals surface area contributed by atoms with Gasteiger partial charge in [-0.25, -0.2) is 4.79 Å². The quantitative estimate of drug-likeness (QED) is 0.580. The van der Waals surface area contributed by atoms with Crippen molar-refractivity contribution in [1.29, 1.82) is 0 Å². The summed E-state index contributed by atoms with van der Waals surface area (Å²) in [5.41, 5.74) is 0. The van der Waals surface area contributed by atoms with Gasteiger partial charge in [-0.2, -0.15) is 0 Å². The molecule has 1 amide bonds. The summed E-state index contributed by atoms with van der Waals surface area (Å²) in [5.74, 6) is -1.33. The molecule has 1 atom stereocenters. The van der Waals surface area contributed by atoms with E-state index in [-0.39, 0.29) is 18.4 Å². The van der Waals surface area contributed by atoms with Crippen LogP contribution in [0, 0.1) is 5.92 Å². The Morgan fingerprint density at radius 3 is 2.40 bits per heavy atom. The molecular weight excluding hydrogens is 196 g/mol. The van der Waals surface area contributed by atoms with Crippen LogP contribution in [0.15, 0.2) is 0 Å². The summed E-state index contributed by atoms with van der Waals surface area (Å²) in [5, 5.41) is 14.4. The zero-order chi connectivity index (χ0) is 11.4. The molecule has 0 saturated heterocycles. The van der Waals surface area contributed by atoms with Crippen LogP contribution in [0.4, 0.5) is 0 Å². The van der Waals surface area contributed by atoms with E-state index in [1.807, 2.05) is 0 Å². The molecule has 0 aromatic carbocycles. The third-order valence-electron chi connectivity index (χ3n) is 2.38. The van der Waals surface area contributed by atoms with Crippen molar-refractivity contribution in [3.63, 3.8) is 0 Å². The number of aliphatic carboxylic acids is 1. The van der Waals surface area contributed by atoms with Crippen LogP contribution in [0.1, 0.15) is 26.7 Å². The molecule has 1 fully saturated rings. The Hall–Kier alpha value is -1.10. The Balaban J connectivity index is 2.28. The molecule has 0 aromatic heterocycles. The molecular formula is C10H18N2O3. The van der Waals surface area contributed by atoms with Crippen LogP contribution in [0.2, 0.25) is 0 Å². The number of carbonyl (C=O) groups is 2. The average molecular weight is 214 g/mol. The summed E-state index contributed by atoms with van der Waals surface area (Å²) in [6.45, 7) is 3.75. The molecule has 3 N–H and O–H groups in total. The molecule has 86 valence electrons. The van der Waals surface area contributed by atoms with Crippen molar-refractivity contribution in [2.75, 3.05) is 6.54 Å². The van der Waals surface area contributed by atoms with E-state index in [0.29, 0.717) is 6.04 Å². The molecule has 1 saturated carbocycles. The Kier molecular flexibility index (Phi) is 4.08. The highest BCUT2D eigenvalue weighted by Gasteiger charge is 2.25. The summed E-state index contributed by atoms with van der Waals surface area (Å²) < 4.78 is 0. The molecule has 0 heterocycles. The van der Waals surface area contributed by atoms with Gasteiger partial charge in [-0.1, -0.05) is 13.8 Å². The van der Waals surface area contributed by atoms with Crippen molar-refractivity contribution in [3.05, 3.63) is 0 Å². The highest BCUT2D eigenvalue weighted by Crippen LogP contribution is 2.17. The second kappa shape index (κ2) is 5.11. The van der Waals surface area contributed by atoms with Gasteiger partial charge < -0.3 is 15.7 Å². The van der Waals surface area contributed by atoms with E-state index in [0.717, 1.165) is 12.8 Å². The lowest BCUT2D eigenvalue weighted by molar-refractivity contribution is -0.142. The number of carboxylic acid groups (broad SMARTS) is 1. The molecule has 1 rings (SSSR count). The smallest absolute Gasteiger partial charge is 0.326 e. The lowest BCUT2D eigenvalue weighted by Crippen LogP contribution is -2.47. The van der Waals surface area contributed by atoms with E-state index >= 15 is 0 Å². The Morgan fingerprint density at radius 1 is 1.40 bits per heavy atom. The number of hydrogen-bond acceptors (Lipinski definition) is 3. The third-order valence-corrected chi connectivity index (χ3v) is 2.38. The van der Waals surface area contributed by atoms with Crippen LogP contribution in [-0.4, -0.2) is 35.6 Å². The van der Waals surface area contributed by atoms with E-state index in [1.165, 1.54) is 0 Å². The molecule has 1 aliphatic carbocycles. The molecule has 0 bridgehead atoms. The summed E-state index contributed by atoms with van der Waals surface area (Å²) >= 11 is 0. The maximum Gasteiger partial charge on any atom is 0.326 e. The number of amides is 1. The Labute approximate surface area is 89.2 Å². The van der Waals surface area contributed by atoms with Crippen molar-refractivity contribution < 1.29 is 14.7 Å². The number of carboxylic acids is 1. The first kappa shape index (κ1) is 12.0. The highest BCUT2D eigenvalue weighted by molar-refractivity contribution is 5.84. The second-order valence-corrected chi connectivity index (χ2v) is 4.28. The maximum absolute atomic E-state index is 11.4. The van der Waals surface area contributed by atoms with Gasteiger partial charge >= 0.3 is 5.97 Å². The predicted octanol–water partition coefficient (Wildman–Crippen LogP) is -0.0362. The van der Waals surface area contributed by atoms with Crippen molar-refractivity contribution in [3.8, 4) is 0 Å². The Bertz CT molecular complexity index is 249. The summed E-state index contributed by atoms with van der Waals surface area (Å²) in [4.78, 5) is 22.1. The fraction of sp³-hybridized carbons (Fsp3) is 0.800. The average Bonchev–Trinajstić information content (AvgIpc) is 2.93. The van der Waals surface area contributed by atoms with Crippen LogP contribution in [-0.2, 0) is 9.59 Å². The van der Waals surface area contributed by atoms with Crippen LogP contribution in [0.5, 0.6) is 0 Å². The van der Waals surface area contributed by atoms with Crippen molar-refractivity contribution in [2.24, 2.45) is 5.92 Å². The predicted molar refractivity (Wildman–Crippen MR) is 55.4 cm³/mol. The van der Waals surface area contributed by atoms with Gasteiger partial charge in [-0.3, -0.25) is 4.79 Å². The first-order valence-electron chi connectivity index (χ1n) is 5.26. The minimum Gasteiger partial charge on any atom is -0.480 e. The minimum absolute atomic E-state index is 0.104. The van der Waals surface area contributed by atoms with Gasteiger partial charge in [-0.15, -0.1) is 0 Å². The fourth-order valence-corrected chi connectivity index (χ4v) is 1.26. The van der Waals surface area contributed by atoms with Crippen LogP contribution in [0.25, 0.3) is 0 Å². The minimum atomic E-state index is -0.982. The third kappa shape index (κ3) is 4.29. The van der Waals surface area contributed by atoms with Crippen molar-refractivity contribution in [2.45, 2.75) is 38.8 Å². The summed E-state index contributed by atoms with van der Waals surface area (Å²) in [7, 11) is 0. The molecule has 1 aliphatic rings. The fourth-order valence-electron chi connectivity index (χ4n) is 1.26. The van der Waals surface area contributed by atoms with Crippen molar-refractivity contribution in [1.82, 2.24) is 10.6 Å². The maximum atomic E-state index is 11.4. The van der Waals surface area contributed by atoms with E-state index in [9.17, 15) is 9.59 Å². The molecule has 0 radical (unpaired) electrons. The number of nitrogens with one attached hydrogen (secondary N) is 2. The first-order valence-corrected chi connectivity index (χ1v) is 5.26. The van der Waals surface area contributed by atoms with Gasteiger partial charge in [0.05, 0.1) is 6.54 Å². The molecule has 5 nitrogen and oxygen atoms in total. The molecule has 15 heavy (non-hydrogen) atoms. The first-order chi connectivity index (χ1) is 7.00. The monoisotopic (exact) mass is 214 g/mol. The molecule has 5 heteroatoms. The van der Waals surface area contributed by atoms with Crippen molar-refractivity contribution >= 4 is 11.9 Å². The molecule has 0 aromatic rings. The number of carbonyl (C=O) groups excluding carboxylic acids is 1. The standard InChI is InChI=1S/C10H18N2O3/c1-6(2)9(10(14)15)12-8(13)5-11-7-3-4-7/h6-7,9,11H,3-5H2,1-2H3,(H,12,13)(H,14,15)/t9-/m0/s1. The largest absolute Gasteiger partial charge is 0.480 e. The summed E-state index contributed by atoms with van der Waals surface area (Å²) in [6, 6.07) is -0.336. The lowest BCUT2D eigenvalue weighted by Gasteiger charge is -2.17. The van der Waals surface area contributed by atoms with Gasteiger partial charge in [-0.05, 0) is 18.8 Å². The normalized spacial score (nSPS) is 17.5. The van der Waals surface area contributed by atoms with Crippen LogP contribution in [0.3, 0.4) is 0 Å². The Morgan fingerprint density at radius 2 is 2.00 bits per heavy atom. The van der Waals surface area contributed by atoms with Gasteiger partial charge in [0.1, 0.15) is 6.04 Å². The molecule has 0 spiro atoms. The zero-order valence-corrected chi connectivity index (χ0v) is 9.12. The van der Waals surface area contributed by atoms with E-state index in [2.05, 4.69) is 10.6 Å². The van der Waals surface area contributed by atoms with Gasteiger partial charge in [0, 0.05) is 6.04 Å². The zero-order valence-electron chi connectivity index (χ0n) is 9.12. The summed E-state index contributed by atoms with van der Waals surface area (Å²) in [6.07, 6.45) is 2.22.